The molecule has 0 saturated heterocycles. The lowest BCUT2D eigenvalue weighted by Gasteiger charge is -2.22. The monoisotopic (exact) mass is 507 g/mol. The fraction of sp³-hybridized carbons (Fsp3) is 0.448. The van der Waals surface area contributed by atoms with Gasteiger partial charge in [0.1, 0.15) is 4.83 Å². The lowest BCUT2D eigenvalue weighted by molar-refractivity contribution is 0.112. The van der Waals surface area contributed by atoms with Gasteiger partial charge in [-0.2, -0.15) is 5.26 Å². The van der Waals surface area contributed by atoms with Crippen LogP contribution in [-0.4, -0.2) is 49.7 Å². The van der Waals surface area contributed by atoms with E-state index in [-0.39, 0.29) is 0 Å². The number of allylic oxidation sites excluding steroid dienone is 5. The molecule has 0 spiro atoms. The van der Waals surface area contributed by atoms with Gasteiger partial charge in [-0.1, -0.05) is 58.8 Å². The van der Waals surface area contributed by atoms with E-state index in [1.54, 1.807) is 25.5 Å². The van der Waals surface area contributed by atoms with Crippen LogP contribution in [0.2, 0.25) is 0 Å². The molecule has 1 unspecified atom stereocenters. The quantitative estimate of drug-likeness (QED) is 0.102. The average molecular weight is 508 g/mol. The van der Waals surface area contributed by atoms with Gasteiger partial charge in [-0.25, -0.2) is 9.98 Å². The summed E-state index contributed by atoms with van der Waals surface area (Å²) in [6.07, 6.45) is 14.6. The predicted octanol–water partition coefficient (Wildman–Crippen LogP) is 7.80. The average Bonchev–Trinajstić information content (AvgIpc) is 3.23. The summed E-state index contributed by atoms with van der Waals surface area (Å²) in [6.45, 7) is 14.3. The number of thiophene rings is 1. The van der Waals surface area contributed by atoms with E-state index < -0.39 is 0 Å². The third-order valence-electron chi connectivity index (χ3n) is 5.68. The van der Waals surface area contributed by atoms with Crippen LogP contribution in [0.25, 0.3) is 15.8 Å². The Morgan fingerprint density at radius 1 is 1.25 bits per heavy atom. The lowest BCUT2D eigenvalue weighted by atomic mass is 10.0. The normalized spacial score (nSPS) is 12.6. The largest absolute Gasteiger partial charge is 0.376 e. The molecule has 36 heavy (non-hydrogen) atoms. The highest BCUT2D eigenvalue weighted by molar-refractivity contribution is 7.21. The minimum absolute atomic E-state index is 0.344. The maximum atomic E-state index is 11.9. The van der Waals surface area contributed by atoms with E-state index in [0.29, 0.717) is 22.2 Å². The first-order valence-corrected chi connectivity index (χ1v) is 13.3. The van der Waals surface area contributed by atoms with Gasteiger partial charge in [0, 0.05) is 44.5 Å². The van der Waals surface area contributed by atoms with E-state index in [9.17, 15) is 10.1 Å². The molecule has 0 amide bonds. The SMILES string of the molecule is C=C/C=C(\C=C(/C)C#N)c1cnc2sc(C=O)c(N=CN(C)C(C)CCC)c2c1N(C)C.CCCC. The van der Waals surface area contributed by atoms with Crippen LogP contribution in [0.5, 0.6) is 0 Å². The lowest BCUT2D eigenvalue weighted by Crippen LogP contribution is -2.27. The standard InChI is InChI=1S/C25H31N5OS.C4H10/c1-8-10-18(4)30(7)16-28-23-21(15-31)32-25-22(23)24(29(5)6)20(14-27-25)19(11-9-2)12-17(3)13-26;1-3-4-2/h9,11-12,14-16,18H,2,8,10H2,1,3-7H3;3-4H2,1-2H3/b17-12+,19-11+,28-16?;. The van der Waals surface area contributed by atoms with Crippen LogP contribution >= 0.6 is 11.3 Å². The summed E-state index contributed by atoms with van der Waals surface area (Å²) >= 11 is 1.33. The molecule has 0 saturated carbocycles. The first-order valence-electron chi connectivity index (χ1n) is 12.5. The second-order valence-corrected chi connectivity index (χ2v) is 9.90. The van der Waals surface area contributed by atoms with Crippen molar-refractivity contribution in [3.05, 3.63) is 47.0 Å². The highest BCUT2D eigenvalue weighted by atomic mass is 32.1. The highest BCUT2D eigenvalue weighted by Gasteiger charge is 2.21. The molecule has 0 N–H and O–H groups in total. The van der Waals surface area contributed by atoms with Gasteiger partial charge >= 0.3 is 0 Å². The van der Waals surface area contributed by atoms with Crippen molar-refractivity contribution < 1.29 is 4.79 Å². The first kappa shape index (κ1) is 30.8. The second kappa shape index (κ2) is 15.7. The zero-order valence-electron chi connectivity index (χ0n) is 23.1. The molecule has 0 radical (unpaired) electrons. The Balaban J connectivity index is 0.00000150. The number of aldehydes is 1. The van der Waals surface area contributed by atoms with Crippen LogP contribution in [0.3, 0.4) is 0 Å². The van der Waals surface area contributed by atoms with Crippen LogP contribution in [0.15, 0.2) is 41.6 Å². The molecule has 0 aliphatic carbocycles. The van der Waals surface area contributed by atoms with Crippen LogP contribution in [0.4, 0.5) is 11.4 Å². The van der Waals surface area contributed by atoms with Gasteiger partial charge in [0.15, 0.2) is 6.29 Å². The van der Waals surface area contributed by atoms with Crippen molar-refractivity contribution in [3.63, 3.8) is 0 Å². The molecule has 6 nitrogen and oxygen atoms in total. The smallest absolute Gasteiger partial charge is 0.162 e. The molecule has 2 rings (SSSR count). The number of fused-ring (bicyclic) bond motifs is 1. The van der Waals surface area contributed by atoms with Gasteiger partial charge < -0.3 is 9.80 Å². The number of carbonyl (C=O) groups is 1. The zero-order valence-corrected chi connectivity index (χ0v) is 23.9. The van der Waals surface area contributed by atoms with Crippen molar-refractivity contribution in [2.75, 3.05) is 26.0 Å². The Morgan fingerprint density at radius 3 is 2.42 bits per heavy atom. The van der Waals surface area contributed by atoms with Crippen molar-refractivity contribution in [1.29, 1.82) is 5.26 Å². The van der Waals surface area contributed by atoms with Gasteiger partial charge in [-0.05, 0) is 31.9 Å². The molecule has 7 heteroatoms. The summed E-state index contributed by atoms with van der Waals surface area (Å²) in [4.78, 5) is 26.6. The third kappa shape index (κ3) is 8.17. The van der Waals surface area contributed by atoms with Crippen LogP contribution < -0.4 is 4.90 Å². The van der Waals surface area contributed by atoms with E-state index in [0.717, 1.165) is 46.2 Å². The van der Waals surface area contributed by atoms with E-state index >= 15 is 0 Å². The van der Waals surface area contributed by atoms with Gasteiger partial charge in [-0.15, -0.1) is 11.3 Å². The van der Waals surface area contributed by atoms with Crippen LogP contribution in [-0.2, 0) is 0 Å². The van der Waals surface area contributed by atoms with E-state index in [2.05, 4.69) is 50.2 Å². The minimum Gasteiger partial charge on any atom is -0.376 e. The minimum atomic E-state index is 0.344. The molecular formula is C29H41N5OS. The Kier molecular flexibility index (Phi) is 13.4. The first-order chi connectivity index (χ1) is 17.2. The molecule has 1 atom stereocenters. The Bertz CT molecular complexity index is 1150. The highest BCUT2D eigenvalue weighted by Crippen LogP contribution is 2.44. The molecule has 0 aliphatic heterocycles. The van der Waals surface area contributed by atoms with E-state index in [4.69, 9.17) is 4.99 Å². The van der Waals surface area contributed by atoms with Gasteiger partial charge in [-0.3, -0.25) is 4.79 Å². The molecule has 0 aliphatic rings. The summed E-state index contributed by atoms with van der Waals surface area (Å²) < 4.78 is 0. The van der Waals surface area contributed by atoms with Gasteiger partial charge in [0.2, 0.25) is 0 Å². The van der Waals surface area contributed by atoms with Crippen LogP contribution in [0, 0.1) is 11.3 Å². The molecule has 194 valence electrons. The van der Waals surface area contributed by atoms with E-state index in [1.165, 1.54) is 24.2 Å². The second-order valence-electron chi connectivity index (χ2n) is 8.87. The zero-order chi connectivity index (χ0) is 27.3. The molecule has 0 fully saturated rings. The van der Waals surface area contributed by atoms with Gasteiger partial charge in [0.25, 0.3) is 0 Å². The molecule has 0 bridgehead atoms. The fourth-order valence-electron chi connectivity index (χ4n) is 3.43. The molecule has 2 aromatic rings. The van der Waals surface area contributed by atoms with Crippen molar-refractivity contribution >= 4 is 51.1 Å². The summed E-state index contributed by atoms with van der Waals surface area (Å²) in [5.41, 5.74) is 3.75. The number of aliphatic imine (C=N–C) groups is 1. The van der Waals surface area contributed by atoms with Crippen molar-refractivity contribution in [2.24, 2.45) is 4.99 Å². The summed E-state index contributed by atoms with van der Waals surface area (Å²) in [5, 5.41) is 10.1. The third-order valence-corrected chi connectivity index (χ3v) is 6.69. The molecule has 0 aromatic carbocycles. The Hall–Kier alpha value is -3.24. The number of hydrogen-bond acceptors (Lipinski definition) is 6. The number of unbranched alkanes of at least 4 members (excludes halogenated alkanes) is 1. The van der Waals surface area contributed by atoms with E-state index in [1.807, 2.05) is 38.2 Å². The number of anilines is 1. The topological polar surface area (TPSA) is 72.6 Å². The Morgan fingerprint density at radius 2 is 1.92 bits per heavy atom. The maximum Gasteiger partial charge on any atom is 0.162 e. The molecule has 2 aromatic heterocycles. The van der Waals surface area contributed by atoms with Gasteiger partial charge in [0.05, 0.1) is 34.0 Å². The number of rotatable bonds is 11. The molecular weight excluding hydrogens is 466 g/mol. The number of nitrogens with zero attached hydrogens (tertiary/aromatic N) is 5. The van der Waals surface area contributed by atoms with Crippen LogP contribution in [0.1, 0.15) is 75.5 Å². The number of carbonyl (C=O) groups excluding carboxylic acids is 1. The summed E-state index contributed by atoms with van der Waals surface area (Å²) in [6, 6.07) is 2.51. The number of nitriles is 1. The molecule has 2 heterocycles. The Labute approximate surface area is 221 Å². The van der Waals surface area contributed by atoms with Crippen molar-refractivity contribution in [2.45, 2.75) is 66.3 Å². The fourth-order valence-corrected chi connectivity index (χ4v) is 4.34. The maximum absolute atomic E-state index is 11.9. The number of aromatic nitrogens is 1. The number of hydrogen-bond donors (Lipinski definition) is 0. The summed E-state index contributed by atoms with van der Waals surface area (Å²) in [7, 11) is 5.90. The van der Waals surface area contributed by atoms with Crippen molar-refractivity contribution in [3.8, 4) is 6.07 Å². The predicted molar refractivity (Wildman–Crippen MR) is 158 cm³/mol. The van der Waals surface area contributed by atoms with Crippen molar-refractivity contribution in [1.82, 2.24) is 9.88 Å². The number of pyridine rings is 1. The summed E-state index contributed by atoms with van der Waals surface area (Å²) in [5.74, 6) is 0.